The van der Waals surface area contributed by atoms with Crippen molar-refractivity contribution in [2.24, 2.45) is 5.41 Å². The van der Waals surface area contributed by atoms with Crippen molar-refractivity contribution in [1.82, 2.24) is 10.2 Å². The Labute approximate surface area is 184 Å². The molecule has 1 aromatic carbocycles. The lowest BCUT2D eigenvalue weighted by molar-refractivity contribution is 0.0268. The zero-order chi connectivity index (χ0) is 21.2. The molecule has 3 rings (SSSR count). The van der Waals surface area contributed by atoms with E-state index in [1.807, 2.05) is 27.7 Å². The van der Waals surface area contributed by atoms with E-state index in [2.05, 4.69) is 71.3 Å². The lowest BCUT2D eigenvalue weighted by Gasteiger charge is -2.55. The van der Waals surface area contributed by atoms with Gasteiger partial charge in [0.1, 0.15) is 0 Å². The highest BCUT2D eigenvalue weighted by molar-refractivity contribution is 9.10. The molecule has 2 aliphatic carbocycles. The number of likely N-dealkylation sites (N-methyl/N-ethyl adjacent to an activating group) is 1. The van der Waals surface area contributed by atoms with Gasteiger partial charge in [-0.25, -0.2) is 0 Å². The lowest BCUT2D eigenvalue weighted by atomic mass is 9.53. The van der Waals surface area contributed by atoms with Crippen LogP contribution in [0.25, 0.3) is 0 Å². The molecule has 28 heavy (non-hydrogen) atoms. The fraction of sp³-hybridized carbons (Fsp3) is 0.760. The van der Waals surface area contributed by atoms with Gasteiger partial charge in [-0.05, 0) is 75.7 Å². The zero-order valence-corrected chi connectivity index (χ0v) is 21.2. The van der Waals surface area contributed by atoms with Crippen molar-refractivity contribution in [1.29, 1.82) is 0 Å². The molecule has 1 N–H and O–H groups in total. The summed E-state index contributed by atoms with van der Waals surface area (Å²) in [4.78, 5) is 2.53. The summed E-state index contributed by atoms with van der Waals surface area (Å²) >= 11 is 3.68. The molecule has 0 bridgehead atoms. The van der Waals surface area contributed by atoms with E-state index >= 15 is 0 Å². The van der Waals surface area contributed by atoms with E-state index < -0.39 is 0 Å². The van der Waals surface area contributed by atoms with E-state index in [9.17, 15) is 0 Å². The highest BCUT2D eigenvalue weighted by Gasteiger charge is 2.63. The number of nitrogens with zero attached hydrogens (tertiary/aromatic N) is 1. The van der Waals surface area contributed by atoms with Gasteiger partial charge in [-0.15, -0.1) is 0 Å². The van der Waals surface area contributed by atoms with Gasteiger partial charge in [-0.3, -0.25) is 4.90 Å². The van der Waals surface area contributed by atoms with Gasteiger partial charge in [0.2, 0.25) is 0 Å². The highest BCUT2D eigenvalue weighted by Crippen LogP contribution is 2.70. The first-order chi connectivity index (χ1) is 13.5. The Balaban J connectivity index is 0.000000921. The molecular weight excluding hydrogens is 408 g/mol. The first kappa shape index (κ1) is 25.7. The van der Waals surface area contributed by atoms with Crippen molar-refractivity contribution in [3.05, 3.63) is 34.3 Å². The van der Waals surface area contributed by atoms with Crippen molar-refractivity contribution >= 4 is 15.9 Å². The molecule has 1 unspecified atom stereocenters. The predicted molar refractivity (Wildman–Crippen MR) is 129 cm³/mol. The van der Waals surface area contributed by atoms with Gasteiger partial charge in [0.25, 0.3) is 0 Å². The third-order valence-electron chi connectivity index (χ3n) is 6.52. The number of hydrogen-bond donors (Lipinski definition) is 1. The number of halogens is 1. The Kier molecular flexibility index (Phi) is 11.3. The van der Waals surface area contributed by atoms with Crippen LogP contribution in [0.4, 0.5) is 0 Å². The van der Waals surface area contributed by atoms with E-state index in [1.165, 1.54) is 55.0 Å². The van der Waals surface area contributed by atoms with E-state index in [1.54, 1.807) is 0 Å². The number of unbranched alkanes of at least 4 members (excludes halogenated alkanes) is 2. The third-order valence-corrected chi connectivity index (χ3v) is 7.01. The van der Waals surface area contributed by atoms with Gasteiger partial charge in [0, 0.05) is 22.6 Å². The van der Waals surface area contributed by atoms with Crippen LogP contribution < -0.4 is 5.32 Å². The van der Waals surface area contributed by atoms with Crippen LogP contribution >= 0.6 is 15.9 Å². The van der Waals surface area contributed by atoms with Crippen molar-refractivity contribution in [2.45, 2.75) is 97.9 Å². The molecule has 1 spiro atoms. The summed E-state index contributed by atoms with van der Waals surface area (Å²) in [5.41, 5.74) is 2.56. The van der Waals surface area contributed by atoms with E-state index in [4.69, 9.17) is 0 Å². The molecule has 162 valence electrons. The SMILES string of the molecule is CC.CC.CCCCCNCN(C)C(C)C1(c2cccc(Br)c2)CC2(CC2)C1. The summed E-state index contributed by atoms with van der Waals surface area (Å²) in [5.74, 6) is 0. The maximum Gasteiger partial charge on any atom is 0.0480 e. The predicted octanol–water partition coefficient (Wildman–Crippen LogP) is 7.37. The molecule has 2 fully saturated rings. The molecule has 0 saturated heterocycles. The highest BCUT2D eigenvalue weighted by atomic mass is 79.9. The topological polar surface area (TPSA) is 15.3 Å². The summed E-state index contributed by atoms with van der Waals surface area (Å²) in [6, 6.07) is 9.62. The summed E-state index contributed by atoms with van der Waals surface area (Å²) in [7, 11) is 2.29. The number of benzene rings is 1. The van der Waals surface area contributed by atoms with Crippen LogP contribution in [0.2, 0.25) is 0 Å². The molecule has 0 aliphatic heterocycles. The number of hydrogen-bond acceptors (Lipinski definition) is 2. The molecule has 2 aliphatic rings. The standard InChI is InChI=1S/C21H33BrN2.2C2H6/c1-4-5-6-12-23-16-24(3)17(2)21(14-20(15-21)10-11-20)18-8-7-9-19(22)13-18;2*1-2/h7-9,13,17,23H,4-6,10-12,14-16H2,1-3H3;2*1-2H3. The Morgan fingerprint density at radius 1 is 1.11 bits per heavy atom. The van der Waals surface area contributed by atoms with Gasteiger partial charge in [-0.1, -0.05) is 75.5 Å². The van der Waals surface area contributed by atoms with Crippen LogP contribution in [0.1, 0.15) is 92.1 Å². The second kappa shape index (κ2) is 12.3. The van der Waals surface area contributed by atoms with Gasteiger partial charge >= 0.3 is 0 Å². The van der Waals surface area contributed by atoms with Crippen LogP contribution in [0.3, 0.4) is 0 Å². The molecule has 0 heterocycles. The Morgan fingerprint density at radius 3 is 2.29 bits per heavy atom. The summed E-state index contributed by atoms with van der Waals surface area (Å²) < 4.78 is 1.21. The summed E-state index contributed by atoms with van der Waals surface area (Å²) in [5, 5.41) is 3.64. The monoisotopic (exact) mass is 452 g/mol. The fourth-order valence-electron chi connectivity index (χ4n) is 4.67. The number of rotatable bonds is 9. The first-order valence-electron chi connectivity index (χ1n) is 11.7. The third kappa shape index (κ3) is 6.31. The second-order valence-electron chi connectivity index (χ2n) is 8.32. The van der Waals surface area contributed by atoms with Gasteiger partial charge in [-0.2, -0.15) is 0 Å². The minimum Gasteiger partial charge on any atom is -0.304 e. The van der Waals surface area contributed by atoms with Gasteiger partial charge in [0.15, 0.2) is 0 Å². The van der Waals surface area contributed by atoms with Crippen molar-refractivity contribution in [3.63, 3.8) is 0 Å². The van der Waals surface area contributed by atoms with Gasteiger partial charge < -0.3 is 5.32 Å². The average molecular weight is 454 g/mol. The van der Waals surface area contributed by atoms with Crippen molar-refractivity contribution in [2.75, 3.05) is 20.3 Å². The largest absolute Gasteiger partial charge is 0.304 e. The minimum atomic E-state index is 0.333. The van der Waals surface area contributed by atoms with Crippen LogP contribution in [-0.2, 0) is 5.41 Å². The van der Waals surface area contributed by atoms with E-state index in [-0.39, 0.29) is 0 Å². The molecule has 3 heteroatoms. The fourth-order valence-corrected chi connectivity index (χ4v) is 5.07. The lowest BCUT2D eigenvalue weighted by Crippen LogP contribution is -2.57. The molecule has 0 aromatic heterocycles. The molecule has 2 nitrogen and oxygen atoms in total. The maximum absolute atomic E-state index is 3.68. The molecule has 0 amide bonds. The smallest absolute Gasteiger partial charge is 0.0480 e. The molecular formula is C25H45BrN2. The van der Waals surface area contributed by atoms with Crippen molar-refractivity contribution in [3.8, 4) is 0 Å². The quantitative estimate of drug-likeness (QED) is 0.310. The van der Waals surface area contributed by atoms with Crippen LogP contribution in [0.15, 0.2) is 28.7 Å². The second-order valence-corrected chi connectivity index (χ2v) is 9.23. The molecule has 2 saturated carbocycles. The zero-order valence-electron chi connectivity index (χ0n) is 19.6. The maximum atomic E-state index is 3.68. The normalized spacial score (nSPS) is 19.0. The molecule has 1 aromatic rings. The first-order valence-corrected chi connectivity index (χ1v) is 12.5. The Hall–Kier alpha value is -0.380. The van der Waals surface area contributed by atoms with Crippen LogP contribution in [0.5, 0.6) is 0 Å². The molecule has 0 radical (unpaired) electrons. The summed E-state index contributed by atoms with van der Waals surface area (Å²) in [6.07, 6.45) is 9.57. The Bertz CT molecular complexity index is 545. The Morgan fingerprint density at radius 2 is 1.75 bits per heavy atom. The van der Waals surface area contributed by atoms with E-state index in [0.717, 1.165) is 13.2 Å². The summed E-state index contributed by atoms with van der Waals surface area (Å²) in [6.45, 7) is 14.8. The van der Waals surface area contributed by atoms with Gasteiger partial charge in [0.05, 0.1) is 0 Å². The molecule has 1 atom stereocenters. The number of nitrogens with one attached hydrogen (secondary N) is 1. The van der Waals surface area contributed by atoms with Crippen LogP contribution in [0, 0.1) is 5.41 Å². The average Bonchev–Trinajstić information content (AvgIpc) is 3.49. The van der Waals surface area contributed by atoms with E-state index in [0.29, 0.717) is 16.9 Å². The van der Waals surface area contributed by atoms with Crippen molar-refractivity contribution < 1.29 is 0 Å². The minimum absolute atomic E-state index is 0.333. The van der Waals surface area contributed by atoms with Crippen LogP contribution in [-0.4, -0.2) is 31.2 Å².